The molecule has 1 rings (SSSR count). The van der Waals surface area contributed by atoms with Gasteiger partial charge in [-0.15, -0.1) is 0 Å². The van der Waals surface area contributed by atoms with Gasteiger partial charge in [-0.1, -0.05) is 12.2 Å². The van der Waals surface area contributed by atoms with Gasteiger partial charge in [0.1, 0.15) is 4.99 Å². The third kappa shape index (κ3) is 1.75. The third-order valence-electron chi connectivity index (χ3n) is 1.95. The lowest BCUT2D eigenvalue weighted by molar-refractivity contribution is -0.182. The van der Waals surface area contributed by atoms with Crippen LogP contribution in [0.15, 0.2) is 0 Å². The van der Waals surface area contributed by atoms with Crippen LogP contribution < -0.4 is 0 Å². The van der Waals surface area contributed by atoms with Crippen LogP contribution in [0.25, 0.3) is 0 Å². The van der Waals surface area contributed by atoms with Crippen LogP contribution in [0.2, 0.25) is 0 Å². The molecule has 1 fully saturated rings. The molecule has 0 aromatic heterocycles. The minimum Gasteiger partial charge on any atom is -0.340 e. The highest BCUT2D eigenvalue weighted by Gasteiger charge is 2.37. The van der Waals surface area contributed by atoms with E-state index < -0.39 is 0 Å². The average molecular weight is 187 g/mol. The summed E-state index contributed by atoms with van der Waals surface area (Å²) < 4.78 is 0. The van der Waals surface area contributed by atoms with E-state index in [9.17, 15) is 4.79 Å². The van der Waals surface area contributed by atoms with E-state index in [2.05, 4.69) is 0 Å². The van der Waals surface area contributed by atoms with Gasteiger partial charge < -0.3 is 4.84 Å². The summed E-state index contributed by atoms with van der Waals surface area (Å²) in [5.41, 5.74) is -0.136. The van der Waals surface area contributed by atoms with Gasteiger partial charge in [0.15, 0.2) is 0 Å². The lowest BCUT2D eigenvalue weighted by atomic mass is 10.0. The number of carbonyl (C=O) groups excluding carboxylic acids is 1. The molecule has 1 heterocycles. The fourth-order valence-electron chi connectivity index (χ4n) is 1.26. The quantitative estimate of drug-likeness (QED) is 0.584. The van der Waals surface area contributed by atoms with Crippen molar-refractivity contribution in [3.63, 3.8) is 0 Å². The first kappa shape index (κ1) is 9.45. The van der Waals surface area contributed by atoms with Crippen molar-refractivity contribution in [2.45, 2.75) is 39.2 Å². The van der Waals surface area contributed by atoms with E-state index >= 15 is 0 Å². The zero-order valence-electron chi connectivity index (χ0n) is 7.59. The number of thiocarbonyl (C=S) groups is 1. The van der Waals surface area contributed by atoms with Crippen LogP contribution in [-0.2, 0) is 9.63 Å². The Kier molecular flexibility index (Phi) is 2.37. The van der Waals surface area contributed by atoms with Gasteiger partial charge in [0.05, 0.1) is 5.54 Å². The van der Waals surface area contributed by atoms with Gasteiger partial charge in [-0.3, -0.25) is 4.79 Å². The molecule has 1 aliphatic heterocycles. The standard InChI is InChI=1S/C8H13NO2S/c1-6(10)11-9-7(12)4-5-8(9,2)3/h4-5H2,1-3H3. The molecule has 0 unspecified atom stereocenters. The summed E-state index contributed by atoms with van der Waals surface area (Å²) in [6, 6.07) is 0. The van der Waals surface area contributed by atoms with Crippen molar-refractivity contribution in [3.05, 3.63) is 0 Å². The smallest absolute Gasteiger partial charge is 0.329 e. The highest BCUT2D eigenvalue weighted by atomic mass is 32.1. The Balaban J connectivity index is 2.71. The summed E-state index contributed by atoms with van der Waals surface area (Å²) in [6.45, 7) is 5.40. The van der Waals surface area contributed by atoms with Crippen LogP contribution in [0.1, 0.15) is 33.6 Å². The van der Waals surface area contributed by atoms with Crippen molar-refractivity contribution in [2.75, 3.05) is 0 Å². The van der Waals surface area contributed by atoms with Gasteiger partial charge in [0.25, 0.3) is 0 Å². The Bertz CT molecular complexity index is 225. The number of carbonyl (C=O) groups is 1. The number of rotatable bonds is 1. The molecule has 0 amide bonds. The second kappa shape index (κ2) is 3.01. The van der Waals surface area contributed by atoms with E-state index in [-0.39, 0.29) is 11.5 Å². The topological polar surface area (TPSA) is 29.5 Å². The van der Waals surface area contributed by atoms with Crippen molar-refractivity contribution in [1.82, 2.24) is 5.06 Å². The van der Waals surface area contributed by atoms with E-state index in [0.29, 0.717) is 0 Å². The molecule has 0 aromatic rings. The Morgan fingerprint density at radius 2 is 2.25 bits per heavy atom. The number of hydrogen-bond acceptors (Lipinski definition) is 3. The van der Waals surface area contributed by atoms with Gasteiger partial charge in [0, 0.05) is 13.3 Å². The minimum absolute atomic E-state index is 0.136. The minimum atomic E-state index is -0.313. The second-order valence-electron chi connectivity index (χ2n) is 3.58. The zero-order valence-corrected chi connectivity index (χ0v) is 8.40. The number of hydrogen-bond donors (Lipinski definition) is 0. The molecule has 0 saturated carbocycles. The Morgan fingerprint density at radius 3 is 2.58 bits per heavy atom. The second-order valence-corrected chi connectivity index (χ2v) is 4.05. The predicted molar refractivity (Wildman–Crippen MR) is 49.5 cm³/mol. The van der Waals surface area contributed by atoms with Crippen LogP contribution in [0, 0.1) is 0 Å². The fourth-order valence-corrected chi connectivity index (χ4v) is 1.64. The summed E-state index contributed by atoms with van der Waals surface area (Å²) in [5.74, 6) is -0.313. The van der Waals surface area contributed by atoms with Crippen LogP contribution >= 0.6 is 12.2 Å². The Morgan fingerprint density at radius 1 is 1.67 bits per heavy atom. The van der Waals surface area contributed by atoms with Crippen molar-refractivity contribution in [1.29, 1.82) is 0 Å². The van der Waals surface area contributed by atoms with Crippen LogP contribution in [0.4, 0.5) is 0 Å². The summed E-state index contributed by atoms with van der Waals surface area (Å²) in [7, 11) is 0. The highest BCUT2D eigenvalue weighted by Crippen LogP contribution is 2.30. The first-order valence-electron chi connectivity index (χ1n) is 3.95. The highest BCUT2D eigenvalue weighted by molar-refractivity contribution is 7.80. The van der Waals surface area contributed by atoms with E-state index in [1.165, 1.54) is 6.92 Å². The fraction of sp³-hybridized carbons (Fsp3) is 0.750. The largest absolute Gasteiger partial charge is 0.340 e. The van der Waals surface area contributed by atoms with Crippen molar-refractivity contribution < 1.29 is 9.63 Å². The molecule has 3 nitrogen and oxygen atoms in total. The molecule has 12 heavy (non-hydrogen) atoms. The predicted octanol–water partition coefficient (Wildman–Crippen LogP) is 1.67. The maximum Gasteiger partial charge on any atom is 0.329 e. The van der Waals surface area contributed by atoms with E-state index in [0.717, 1.165) is 17.8 Å². The monoisotopic (exact) mass is 187 g/mol. The third-order valence-corrected chi connectivity index (χ3v) is 2.32. The molecule has 0 spiro atoms. The molecule has 0 aliphatic carbocycles. The van der Waals surface area contributed by atoms with E-state index in [4.69, 9.17) is 17.1 Å². The molecule has 1 saturated heterocycles. The average Bonchev–Trinajstić information content (AvgIpc) is 2.15. The van der Waals surface area contributed by atoms with Gasteiger partial charge in [0.2, 0.25) is 0 Å². The first-order chi connectivity index (χ1) is 5.43. The van der Waals surface area contributed by atoms with Crippen molar-refractivity contribution in [3.8, 4) is 0 Å². The van der Waals surface area contributed by atoms with Crippen LogP contribution in [0.5, 0.6) is 0 Å². The van der Waals surface area contributed by atoms with Crippen molar-refractivity contribution >= 4 is 23.2 Å². The van der Waals surface area contributed by atoms with Crippen molar-refractivity contribution in [2.24, 2.45) is 0 Å². The van der Waals surface area contributed by atoms with Crippen LogP contribution in [0.3, 0.4) is 0 Å². The first-order valence-corrected chi connectivity index (χ1v) is 4.36. The normalized spacial score (nSPS) is 21.2. The molecular weight excluding hydrogens is 174 g/mol. The summed E-state index contributed by atoms with van der Waals surface area (Å²) in [4.78, 5) is 16.4. The van der Waals surface area contributed by atoms with E-state index in [1.807, 2.05) is 13.8 Å². The maximum atomic E-state index is 10.7. The SMILES string of the molecule is CC(=O)ON1C(=S)CCC1(C)C. The van der Waals surface area contributed by atoms with Crippen LogP contribution in [-0.4, -0.2) is 21.6 Å². The van der Waals surface area contributed by atoms with E-state index in [1.54, 1.807) is 5.06 Å². The molecule has 68 valence electrons. The molecule has 4 heteroatoms. The molecule has 0 bridgehead atoms. The number of nitrogens with zero attached hydrogens (tertiary/aromatic N) is 1. The number of hydroxylamine groups is 2. The summed E-state index contributed by atoms with van der Waals surface area (Å²) >= 11 is 5.06. The lowest BCUT2D eigenvalue weighted by Crippen LogP contribution is -2.41. The maximum absolute atomic E-state index is 10.7. The summed E-state index contributed by atoms with van der Waals surface area (Å²) in [5, 5.41) is 1.55. The van der Waals surface area contributed by atoms with Gasteiger partial charge in [-0.2, -0.15) is 5.06 Å². The van der Waals surface area contributed by atoms with Gasteiger partial charge in [-0.05, 0) is 20.3 Å². The molecule has 0 N–H and O–H groups in total. The molecular formula is C8H13NO2S. The van der Waals surface area contributed by atoms with Gasteiger partial charge >= 0.3 is 5.97 Å². The Labute approximate surface area is 77.6 Å². The molecule has 0 radical (unpaired) electrons. The zero-order chi connectivity index (χ0) is 9.35. The van der Waals surface area contributed by atoms with Gasteiger partial charge in [-0.25, -0.2) is 0 Å². The lowest BCUT2D eigenvalue weighted by Gasteiger charge is -2.30. The summed E-state index contributed by atoms with van der Waals surface area (Å²) in [6.07, 6.45) is 1.77. The Hall–Kier alpha value is -0.640. The molecule has 0 atom stereocenters. The molecule has 1 aliphatic rings. The molecule has 0 aromatic carbocycles.